The minimum absolute atomic E-state index is 0.364. The van der Waals surface area contributed by atoms with Gasteiger partial charge in [-0.25, -0.2) is 0 Å². The zero-order chi connectivity index (χ0) is 24.8. The molecule has 0 aliphatic carbocycles. The van der Waals surface area contributed by atoms with Crippen molar-refractivity contribution in [3.05, 3.63) is 0 Å². The number of hydrogen-bond donors (Lipinski definition) is 0. The molecule has 1 aliphatic heterocycles. The fourth-order valence-electron chi connectivity index (χ4n) is 6.24. The van der Waals surface area contributed by atoms with E-state index in [-0.39, 0.29) is 5.91 Å². The molecule has 1 fully saturated rings. The van der Waals surface area contributed by atoms with E-state index in [0.29, 0.717) is 0 Å². The molecule has 0 aromatic rings. The minimum atomic E-state index is -0.364. The maximum atomic E-state index is 6.68. The first-order valence-corrected chi connectivity index (χ1v) is 15.8. The fraction of sp³-hybridized carbons (Fsp3) is 1.00. The van der Waals surface area contributed by atoms with E-state index < -0.39 is 0 Å². The van der Waals surface area contributed by atoms with Gasteiger partial charge in [-0.15, -0.1) is 0 Å². The first-order valence-electron chi connectivity index (χ1n) is 15.8. The highest BCUT2D eigenvalue weighted by molar-refractivity contribution is 4.69. The lowest BCUT2D eigenvalue weighted by Crippen LogP contribution is -2.66. The molecule has 0 saturated carbocycles. The normalized spacial score (nSPS) is 18.7. The maximum Gasteiger partial charge on any atom is 0.319 e. The quantitative estimate of drug-likeness (QED) is 0.0732. The van der Waals surface area contributed by atoms with Gasteiger partial charge in [0, 0.05) is 0 Å². The van der Waals surface area contributed by atoms with E-state index in [1.165, 1.54) is 142 Å². The summed E-state index contributed by atoms with van der Waals surface area (Å²) in [5.74, 6) is -0.364. The molecule has 3 nitrogen and oxygen atoms in total. The topological polar surface area (TPSA) is 18.5 Å². The monoisotopic (exact) mass is 482 g/mol. The molecule has 1 atom stereocenters. The van der Waals surface area contributed by atoms with Crippen molar-refractivity contribution in [2.24, 2.45) is 0 Å². The largest absolute Gasteiger partial charge is 0.319 e. The molecule has 0 amide bonds. The lowest BCUT2D eigenvalue weighted by molar-refractivity contribution is -1.02. The summed E-state index contributed by atoms with van der Waals surface area (Å²) in [6.07, 6.45) is 28.4. The molecule has 1 saturated heterocycles. The molecule has 3 heteroatoms. The van der Waals surface area contributed by atoms with E-state index in [0.717, 1.165) is 30.5 Å². The van der Waals surface area contributed by atoms with Crippen LogP contribution in [0.4, 0.5) is 0 Å². The number of unbranched alkanes of at least 4 members (excludes halogenated alkanes) is 15. The van der Waals surface area contributed by atoms with Gasteiger partial charge in [0.05, 0.1) is 39.3 Å². The molecule has 0 radical (unpaired) electrons. The third-order valence-corrected chi connectivity index (χ3v) is 7.97. The maximum absolute atomic E-state index is 6.68. The molecular weight excluding hydrogens is 418 g/mol. The van der Waals surface area contributed by atoms with Crippen LogP contribution in [0.15, 0.2) is 0 Å². The second kappa shape index (κ2) is 21.0. The molecule has 1 rings (SSSR count). The Morgan fingerprint density at radius 2 is 0.971 bits per heavy atom. The van der Waals surface area contributed by atoms with Gasteiger partial charge in [-0.05, 0) is 32.1 Å². The molecule has 204 valence electrons. The number of quaternary nitrogens is 1. The summed E-state index contributed by atoms with van der Waals surface area (Å²) in [7, 11) is 0. The summed E-state index contributed by atoms with van der Waals surface area (Å²) in [5.41, 5.74) is 0. The predicted octanol–water partition coefficient (Wildman–Crippen LogP) is 9.78. The molecule has 0 aromatic carbocycles. The highest BCUT2D eigenvalue weighted by Crippen LogP contribution is 2.38. The van der Waals surface area contributed by atoms with Crippen LogP contribution < -0.4 is 0 Å². The second-order valence-electron chi connectivity index (χ2n) is 11.1. The highest BCUT2D eigenvalue weighted by Gasteiger charge is 2.54. The van der Waals surface area contributed by atoms with Crippen LogP contribution in [-0.4, -0.2) is 43.2 Å². The van der Waals surface area contributed by atoms with Gasteiger partial charge in [-0.2, -0.15) is 0 Å². The van der Waals surface area contributed by atoms with Crippen molar-refractivity contribution in [2.75, 3.05) is 32.8 Å². The van der Waals surface area contributed by atoms with Crippen LogP contribution in [0.25, 0.3) is 0 Å². The Balaban J connectivity index is 2.11. The van der Waals surface area contributed by atoms with Crippen LogP contribution in [0, 0.1) is 0 Å². The molecule has 0 N–H and O–H groups in total. The van der Waals surface area contributed by atoms with Crippen molar-refractivity contribution in [3.63, 3.8) is 0 Å². The molecule has 0 bridgehead atoms. The molecule has 0 aromatic heterocycles. The molecule has 0 spiro atoms. The summed E-state index contributed by atoms with van der Waals surface area (Å²) < 4.78 is 14.1. The molecule has 1 aliphatic rings. The van der Waals surface area contributed by atoms with E-state index in [9.17, 15) is 0 Å². The van der Waals surface area contributed by atoms with Gasteiger partial charge in [-0.1, -0.05) is 124 Å². The molecular formula is C31H64NO2+. The van der Waals surface area contributed by atoms with Gasteiger partial charge in [0.2, 0.25) is 0 Å². The predicted molar refractivity (Wildman–Crippen MR) is 149 cm³/mol. The van der Waals surface area contributed by atoms with Crippen LogP contribution in [0.2, 0.25) is 0 Å². The average molecular weight is 483 g/mol. The minimum Gasteiger partial charge on any atom is -0.303 e. The zero-order valence-corrected chi connectivity index (χ0v) is 24.1. The highest BCUT2D eigenvalue weighted by atomic mass is 16.7. The Kier molecular flexibility index (Phi) is 19.7. The summed E-state index contributed by atoms with van der Waals surface area (Å²) >= 11 is 0. The molecule has 1 unspecified atom stereocenters. The zero-order valence-electron chi connectivity index (χ0n) is 24.1. The van der Waals surface area contributed by atoms with Crippen LogP contribution in [0.3, 0.4) is 0 Å². The Bertz CT molecular complexity index is 416. The fourth-order valence-corrected chi connectivity index (χ4v) is 6.24. The SMILES string of the molecule is CCCCCCCCCCCCCCCCCCOC1([N+](CCC)(CCC)CCC)CCCO1. The number of nitrogens with zero attached hydrogens (tertiary/aromatic N) is 1. The lowest BCUT2D eigenvalue weighted by atomic mass is 10.0. The van der Waals surface area contributed by atoms with Gasteiger partial charge in [0.1, 0.15) is 0 Å². The first-order chi connectivity index (χ1) is 16.7. The van der Waals surface area contributed by atoms with E-state index in [1.54, 1.807) is 0 Å². The average Bonchev–Trinajstić information content (AvgIpc) is 3.32. The van der Waals surface area contributed by atoms with Crippen molar-refractivity contribution >= 4 is 0 Å². The third kappa shape index (κ3) is 12.2. The van der Waals surface area contributed by atoms with Gasteiger partial charge in [0.15, 0.2) is 0 Å². The number of ether oxygens (including phenoxy) is 2. The Morgan fingerprint density at radius 1 is 0.559 bits per heavy atom. The van der Waals surface area contributed by atoms with Crippen molar-refractivity contribution in [1.29, 1.82) is 0 Å². The number of hydrogen-bond acceptors (Lipinski definition) is 2. The van der Waals surface area contributed by atoms with Crippen LogP contribution in [0.1, 0.15) is 163 Å². The van der Waals surface area contributed by atoms with Crippen LogP contribution in [-0.2, 0) is 9.47 Å². The first kappa shape index (κ1) is 31.9. The van der Waals surface area contributed by atoms with Gasteiger partial charge in [-0.3, -0.25) is 4.48 Å². The van der Waals surface area contributed by atoms with Gasteiger partial charge in [0.25, 0.3) is 0 Å². The van der Waals surface area contributed by atoms with Gasteiger partial charge < -0.3 is 9.47 Å². The summed E-state index contributed by atoms with van der Waals surface area (Å²) in [6, 6.07) is 0. The molecule has 1 heterocycles. The van der Waals surface area contributed by atoms with Gasteiger partial charge >= 0.3 is 5.91 Å². The smallest absolute Gasteiger partial charge is 0.303 e. The Labute approximate surface area is 215 Å². The van der Waals surface area contributed by atoms with Crippen LogP contribution >= 0.6 is 0 Å². The van der Waals surface area contributed by atoms with Crippen molar-refractivity contribution in [3.8, 4) is 0 Å². The summed E-state index contributed by atoms with van der Waals surface area (Å²) in [5, 5.41) is 0. The standard InChI is InChI=1S/C31H64NO2/c1-5-9-10-11-12-13-14-15-16-17-18-19-20-21-22-23-29-33-31(25-24-30-34-31)32(26-6-2,27-7-3)28-8-4/h5-30H2,1-4H3/q+1. The Hall–Kier alpha value is -0.120. The Morgan fingerprint density at radius 3 is 1.32 bits per heavy atom. The van der Waals surface area contributed by atoms with Crippen molar-refractivity contribution < 1.29 is 14.0 Å². The van der Waals surface area contributed by atoms with E-state index >= 15 is 0 Å². The van der Waals surface area contributed by atoms with E-state index in [2.05, 4.69) is 27.7 Å². The van der Waals surface area contributed by atoms with Crippen LogP contribution in [0.5, 0.6) is 0 Å². The molecule has 34 heavy (non-hydrogen) atoms. The van der Waals surface area contributed by atoms with Crippen molar-refractivity contribution in [1.82, 2.24) is 0 Å². The van der Waals surface area contributed by atoms with E-state index in [4.69, 9.17) is 9.47 Å². The number of rotatable bonds is 25. The van der Waals surface area contributed by atoms with Crippen molar-refractivity contribution in [2.45, 2.75) is 168 Å². The lowest BCUT2D eigenvalue weighted by Gasteiger charge is -2.49. The summed E-state index contributed by atoms with van der Waals surface area (Å²) in [6.45, 7) is 14.5. The second-order valence-corrected chi connectivity index (χ2v) is 11.1. The summed E-state index contributed by atoms with van der Waals surface area (Å²) in [4.78, 5) is 0. The van der Waals surface area contributed by atoms with E-state index in [1.807, 2.05) is 0 Å². The third-order valence-electron chi connectivity index (χ3n) is 7.97.